The van der Waals surface area contributed by atoms with E-state index in [0.29, 0.717) is 5.82 Å². The van der Waals surface area contributed by atoms with E-state index in [1.54, 1.807) is 12.3 Å². The summed E-state index contributed by atoms with van der Waals surface area (Å²) in [4.78, 5) is 21.5. The number of amides is 1. The Morgan fingerprint density at radius 1 is 1.41 bits per heavy atom. The molecule has 1 saturated heterocycles. The predicted molar refractivity (Wildman–Crippen MR) is 65.4 cm³/mol. The van der Waals surface area contributed by atoms with Gasteiger partial charge in [0.1, 0.15) is 5.82 Å². The van der Waals surface area contributed by atoms with E-state index in [2.05, 4.69) is 15.3 Å². The number of likely N-dealkylation sites (tertiary alicyclic amines) is 1. The molecule has 17 heavy (non-hydrogen) atoms. The zero-order valence-electron chi connectivity index (χ0n) is 9.72. The van der Waals surface area contributed by atoms with E-state index in [9.17, 15) is 4.79 Å². The van der Waals surface area contributed by atoms with Crippen LogP contribution in [-0.4, -0.2) is 40.4 Å². The molecule has 1 aliphatic rings. The lowest BCUT2D eigenvalue weighted by Gasteiger charge is -2.26. The van der Waals surface area contributed by atoms with E-state index in [1.165, 1.54) is 6.42 Å². The molecule has 6 heteroatoms. The highest BCUT2D eigenvalue weighted by molar-refractivity contribution is 5.80. The number of nitrogens with zero attached hydrogens (tertiary/aromatic N) is 3. The molecule has 3 N–H and O–H groups in total. The molecule has 0 radical (unpaired) electrons. The third kappa shape index (κ3) is 3.30. The largest absolute Gasteiger partial charge is 0.368 e. The lowest BCUT2D eigenvalue weighted by molar-refractivity contribution is -0.130. The number of anilines is 2. The average molecular weight is 235 g/mol. The first-order valence-corrected chi connectivity index (χ1v) is 5.86. The Kier molecular flexibility index (Phi) is 3.74. The predicted octanol–water partition coefficient (Wildman–Crippen LogP) is 0.483. The Balaban J connectivity index is 1.83. The molecule has 1 aliphatic heterocycles. The van der Waals surface area contributed by atoms with Gasteiger partial charge in [-0.3, -0.25) is 4.79 Å². The molecule has 0 bridgehead atoms. The van der Waals surface area contributed by atoms with Gasteiger partial charge in [-0.15, -0.1) is 0 Å². The minimum Gasteiger partial charge on any atom is -0.368 e. The lowest BCUT2D eigenvalue weighted by Crippen LogP contribution is -2.39. The molecule has 0 aliphatic carbocycles. The number of carbonyl (C=O) groups excluding carboxylic acids is 1. The van der Waals surface area contributed by atoms with Crippen molar-refractivity contribution in [3.05, 3.63) is 12.3 Å². The average Bonchev–Trinajstić information content (AvgIpc) is 2.37. The fourth-order valence-corrected chi connectivity index (χ4v) is 1.89. The van der Waals surface area contributed by atoms with E-state index >= 15 is 0 Å². The Bertz CT molecular complexity index is 389. The molecule has 1 amide bonds. The summed E-state index contributed by atoms with van der Waals surface area (Å²) >= 11 is 0. The van der Waals surface area contributed by atoms with Crippen LogP contribution in [0.2, 0.25) is 0 Å². The third-order valence-electron chi connectivity index (χ3n) is 2.80. The van der Waals surface area contributed by atoms with Crippen molar-refractivity contribution in [1.82, 2.24) is 14.9 Å². The van der Waals surface area contributed by atoms with Crippen molar-refractivity contribution in [3.63, 3.8) is 0 Å². The number of hydrogen-bond acceptors (Lipinski definition) is 5. The fraction of sp³-hybridized carbons (Fsp3) is 0.545. The lowest BCUT2D eigenvalue weighted by atomic mass is 10.1. The van der Waals surface area contributed by atoms with Crippen LogP contribution in [-0.2, 0) is 4.79 Å². The molecule has 0 saturated carbocycles. The maximum atomic E-state index is 11.8. The van der Waals surface area contributed by atoms with Crippen molar-refractivity contribution >= 4 is 17.7 Å². The third-order valence-corrected chi connectivity index (χ3v) is 2.80. The molecule has 0 aromatic carbocycles. The second kappa shape index (κ2) is 5.47. The molecule has 0 unspecified atom stereocenters. The second-order valence-corrected chi connectivity index (χ2v) is 4.10. The molecule has 1 aromatic rings. The van der Waals surface area contributed by atoms with Crippen molar-refractivity contribution in [1.29, 1.82) is 0 Å². The minimum absolute atomic E-state index is 0.113. The smallest absolute Gasteiger partial charge is 0.241 e. The van der Waals surface area contributed by atoms with Gasteiger partial charge in [-0.05, 0) is 25.3 Å². The van der Waals surface area contributed by atoms with Crippen molar-refractivity contribution < 1.29 is 4.79 Å². The van der Waals surface area contributed by atoms with Crippen LogP contribution >= 0.6 is 0 Å². The first-order valence-electron chi connectivity index (χ1n) is 5.86. The Morgan fingerprint density at radius 3 is 2.88 bits per heavy atom. The second-order valence-electron chi connectivity index (χ2n) is 4.10. The minimum atomic E-state index is 0.113. The fourth-order valence-electron chi connectivity index (χ4n) is 1.89. The van der Waals surface area contributed by atoms with Gasteiger partial charge in [-0.25, -0.2) is 4.98 Å². The van der Waals surface area contributed by atoms with Gasteiger partial charge >= 0.3 is 0 Å². The quantitative estimate of drug-likeness (QED) is 0.796. The zero-order valence-corrected chi connectivity index (χ0v) is 9.72. The van der Waals surface area contributed by atoms with Gasteiger partial charge < -0.3 is 16.0 Å². The van der Waals surface area contributed by atoms with E-state index in [1.807, 2.05) is 4.90 Å². The molecule has 92 valence electrons. The van der Waals surface area contributed by atoms with Gasteiger partial charge in [0.25, 0.3) is 0 Å². The first kappa shape index (κ1) is 11.6. The molecular formula is C11H17N5O. The van der Waals surface area contributed by atoms with E-state index in [-0.39, 0.29) is 18.4 Å². The van der Waals surface area contributed by atoms with Crippen LogP contribution in [0.25, 0.3) is 0 Å². The normalized spacial score (nSPS) is 15.6. The standard InChI is InChI=1S/C11H17N5O/c12-11-13-5-4-9(15-11)14-8-10(17)16-6-2-1-3-7-16/h4-5H,1-3,6-8H2,(H3,12,13,14,15). The number of rotatable bonds is 3. The molecule has 2 heterocycles. The van der Waals surface area contributed by atoms with Crippen LogP contribution < -0.4 is 11.1 Å². The molecule has 0 atom stereocenters. The molecule has 0 spiro atoms. The van der Waals surface area contributed by atoms with E-state index < -0.39 is 0 Å². The van der Waals surface area contributed by atoms with E-state index in [0.717, 1.165) is 25.9 Å². The summed E-state index contributed by atoms with van der Waals surface area (Å²) in [7, 11) is 0. The summed E-state index contributed by atoms with van der Waals surface area (Å²) in [5.41, 5.74) is 5.45. The Hall–Kier alpha value is -1.85. The SMILES string of the molecule is Nc1nccc(NCC(=O)N2CCCCC2)n1. The van der Waals surface area contributed by atoms with Gasteiger partial charge in [-0.1, -0.05) is 0 Å². The number of nitrogens with two attached hydrogens (primary N) is 1. The summed E-state index contributed by atoms with van der Waals surface area (Å²) in [6, 6.07) is 1.69. The number of hydrogen-bond donors (Lipinski definition) is 2. The van der Waals surface area contributed by atoms with Crippen molar-refractivity contribution in [3.8, 4) is 0 Å². The molecule has 6 nitrogen and oxygen atoms in total. The van der Waals surface area contributed by atoms with Crippen LogP contribution in [0.15, 0.2) is 12.3 Å². The Labute approximate surface area is 100 Å². The molecular weight excluding hydrogens is 218 g/mol. The topological polar surface area (TPSA) is 84.1 Å². The van der Waals surface area contributed by atoms with Gasteiger partial charge in [-0.2, -0.15) is 4.98 Å². The maximum Gasteiger partial charge on any atom is 0.241 e. The van der Waals surface area contributed by atoms with Gasteiger partial charge in [0.15, 0.2) is 0 Å². The number of aromatic nitrogens is 2. The Morgan fingerprint density at radius 2 is 2.18 bits per heavy atom. The van der Waals surface area contributed by atoms with Crippen LogP contribution in [0.4, 0.5) is 11.8 Å². The number of piperidine rings is 1. The van der Waals surface area contributed by atoms with E-state index in [4.69, 9.17) is 5.73 Å². The first-order chi connectivity index (χ1) is 8.25. The van der Waals surface area contributed by atoms with Crippen LogP contribution in [0, 0.1) is 0 Å². The highest BCUT2D eigenvalue weighted by Gasteiger charge is 2.15. The summed E-state index contributed by atoms with van der Waals surface area (Å²) in [5, 5.41) is 2.96. The number of nitrogens with one attached hydrogen (secondary N) is 1. The number of carbonyl (C=O) groups is 1. The van der Waals surface area contributed by atoms with Crippen molar-refractivity contribution in [2.75, 3.05) is 30.7 Å². The molecule has 1 fully saturated rings. The summed E-state index contributed by atoms with van der Waals surface area (Å²) in [6.45, 7) is 2.00. The van der Waals surface area contributed by atoms with Gasteiger partial charge in [0.05, 0.1) is 6.54 Å². The van der Waals surface area contributed by atoms with Crippen LogP contribution in [0.1, 0.15) is 19.3 Å². The molecule has 1 aromatic heterocycles. The molecule has 2 rings (SSSR count). The summed E-state index contributed by atoms with van der Waals surface area (Å²) in [5.74, 6) is 0.908. The zero-order chi connectivity index (χ0) is 12.1. The number of nitrogen functional groups attached to an aromatic ring is 1. The summed E-state index contributed by atoms with van der Waals surface area (Å²) < 4.78 is 0. The highest BCUT2D eigenvalue weighted by atomic mass is 16.2. The van der Waals surface area contributed by atoms with Gasteiger partial charge in [0.2, 0.25) is 11.9 Å². The van der Waals surface area contributed by atoms with Crippen LogP contribution in [0.5, 0.6) is 0 Å². The highest BCUT2D eigenvalue weighted by Crippen LogP contribution is 2.09. The van der Waals surface area contributed by atoms with Crippen molar-refractivity contribution in [2.45, 2.75) is 19.3 Å². The maximum absolute atomic E-state index is 11.8. The van der Waals surface area contributed by atoms with Gasteiger partial charge in [0, 0.05) is 19.3 Å². The summed E-state index contributed by atoms with van der Waals surface area (Å²) in [6.07, 6.45) is 4.99. The van der Waals surface area contributed by atoms with Crippen LogP contribution in [0.3, 0.4) is 0 Å². The monoisotopic (exact) mass is 235 g/mol. The van der Waals surface area contributed by atoms with Crippen molar-refractivity contribution in [2.24, 2.45) is 0 Å².